The van der Waals surface area contributed by atoms with Crippen LogP contribution in [0.3, 0.4) is 0 Å². The monoisotopic (exact) mass is 297 g/mol. The van der Waals surface area contributed by atoms with Gasteiger partial charge in [-0.25, -0.2) is 0 Å². The second-order valence-corrected chi connectivity index (χ2v) is 5.54. The lowest BCUT2D eigenvalue weighted by atomic mass is 10.0. The number of anilines is 1. The Hall–Kier alpha value is -2.29. The molecular formula is C19H23NO2. The highest BCUT2D eigenvalue weighted by Crippen LogP contribution is 2.25. The summed E-state index contributed by atoms with van der Waals surface area (Å²) >= 11 is 0. The maximum absolute atomic E-state index is 12.6. The third kappa shape index (κ3) is 3.88. The summed E-state index contributed by atoms with van der Waals surface area (Å²) in [4.78, 5) is 12.6. The fraction of sp³-hybridized carbons (Fsp3) is 0.316. The molecule has 3 nitrogen and oxygen atoms in total. The molecule has 2 aromatic carbocycles. The van der Waals surface area contributed by atoms with Crippen LogP contribution >= 0.6 is 0 Å². The van der Waals surface area contributed by atoms with E-state index in [0.717, 1.165) is 17.7 Å². The Morgan fingerprint density at radius 3 is 2.50 bits per heavy atom. The van der Waals surface area contributed by atoms with Crippen LogP contribution in [0.1, 0.15) is 49.0 Å². The highest BCUT2D eigenvalue weighted by Gasteiger charge is 2.14. The molecule has 0 aromatic heterocycles. The van der Waals surface area contributed by atoms with Gasteiger partial charge in [0.2, 0.25) is 0 Å². The van der Waals surface area contributed by atoms with Gasteiger partial charge < -0.3 is 10.1 Å². The lowest BCUT2D eigenvalue weighted by Crippen LogP contribution is -2.15. The van der Waals surface area contributed by atoms with E-state index in [1.165, 1.54) is 0 Å². The Bertz CT molecular complexity index is 635. The number of carbonyl (C=O) groups is 1. The van der Waals surface area contributed by atoms with Crippen LogP contribution in [0.4, 0.5) is 5.69 Å². The molecule has 2 rings (SSSR count). The minimum Gasteiger partial charge on any atom is -0.493 e. The van der Waals surface area contributed by atoms with Crippen LogP contribution in [0.5, 0.6) is 5.75 Å². The van der Waals surface area contributed by atoms with Crippen molar-refractivity contribution in [2.45, 2.75) is 33.1 Å². The van der Waals surface area contributed by atoms with Crippen molar-refractivity contribution in [1.29, 1.82) is 0 Å². The number of rotatable bonds is 6. The van der Waals surface area contributed by atoms with Crippen molar-refractivity contribution in [2.75, 3.05) is 11.9 Å². The predicted octanol–water partition coefficient (Wildman–Crippen LogP) is 4.85. The van der Waals surface area contributed by atoms with Gasteiger partial charge in [0.25, 0.3) is 5.91 Å². The summed E-state index contributed by atoms with van der Waals surface area (Å²) in [5, 5.41) is 3.01. The minimum atomic E-state index is -0.139. The topological polar surface area (TPSA) is 38.3 Å². The summed E-state index contributed by atoms with van der Waals surface area (Å²) in [5.74, 6) is 0.840. The molecular weight excluding hydrogens is 274 g/mol. The highest BCUT2D eigenvalue weighted by molar-refractivity contribution is 6.06. The van der Waals surface area contributed by atoms with Crippen LogP contribution in [0.2, 0.25) is 0 Å². The first kappa shape index (κ1) is 16.1. The Kier molecular flexibility index (Phi) is 5.59. The third-order valence-electron chi connectivity index (χ3n) is 3.42. The summed E-state index contributed by atoms with van der Waals surface area (Å²) < 4.78 is 5.66. The van der Waals surface area contributed by atoms with E-state index in [0.29, 0.717) is 23.8 Å². The van der Waals surface area contributed by atoms with Gasteiger partial charge in [-0.05, 0) is 36.1 Å². The average Bonchev–Trinajstić information content (AvgIpc) is 2.53. The normalized spacial score (nSPS) is 10.5. The maximum Gasteiger partial charge on any atom is 0.259 e. The van der Waals surface area contributed by atoms with Gasteiger partial charge in [0.05, 0.1) is 12.2 Å². The fourth-order valence-electron chi connectivity index (χ4n) is 2.30. The summed E-state index contributed by atoms with van der Waals surface area (Å²) in [6.07, 6.45) is 0.909. The van der Waals surface area contributed by atoms with Crippen LogP contribution in [-0.4, -0.2) is 12.5 Å². The first-order valence-corrected chi connectivity index (χ1v) is 7.75. The molecule has 22 heavy (non-hydrogen) atoms. The number of amides is 1. The summed E-state index contributed by atoms with van der Waals surface area (Å²) in [6.45, 7) is 6.88. The van der Waals surface area contributed by atoms with Crippen molar-refractivity contribution in [2.24, 2.45) is 0 Å². The van der Waals surface area contributed by atoms with Gasteiger partial charge >= 0.3 is 0 Å². The van der Waals surface area contributed by atoms with Crippen LogP contribution in [0.15, 0.2) is 48.5 Å². The zero-order valence-electron chi connectivity index (χ0n) is 13.4. The SMILES string of the molecule is CCCOc1ccccc1C(=O)Nc1ccccc1C(C)C. The number of benzene rings is 2. The smallest absolute Gasteiger partial charge is 0.259 e. The summed E-state index contributed by atoms with van der Waals surface area (Å²) in [7, 11) is 0. The summed E-state index contributed by atoms with van der Waals surface area (Å²) in [5.41, 5.74) is 2.55. The number of para-hydroxylation sites is 2. The summed E-state index contributed by atoms with van der Waals surface area (Å²) in [6, 6.07) is 15.2. The number of hydrogen-bond donors (Lipinski definition) is 1. The van der Waals surface area contributed by atoms with Gasteiger partial charge in [-0.15, -0.1) is 0 Å². The van der Waals surface area contributed by atoms with E-state index in [4.69, 9.17) is 4.74 Å². The first-order chi connectivity index (χ1) is 10.6. The molecule has 0 spiro atoms. The van der Waals surface area contributed by atoms with E-state index in [1.54, 1.807) is 6.07 Å². The molecule has 0 saturated heterocycles. The van der Waals surface area contributed by atoms with Crippen molar-refractivity contribution in [3.8, 4) is 5.75 Å². The largest absolute Gasteiger partial charge is 0.493 e. The van der Waals surface area contributed by atoms with E-state index in [-0.39, 0.29) is 5.91 Å². The second kappa shape index (κ2) is 7.64. The number of hydrogen-bond acceptors (Lipinski definition) is 2. The van der Waals surface area contributed by atoms with Crippen LogP contribution in [-0.2, 0) is 0 Å². The Balaban J connectivity index is 2.23. The van der Waals surface area contributed by atoms with Crippen molar-refractivity contribution in [3.63, 3.8) is 0 Å². The predicted molar refractivity (Wildman–Crippen MR) is 90.7 cm³/mol. The molecule has 0 radical (unpaired) electrons. The molecule has 0 aliphatic carbocycles. The van der Waals surface area contributed by atoms with E-state index in [9.17, 15) is 4.79 Å². The van der Waals surface area contributed by atoms with Gasteiger partial charge in [-0.3, -0.25) is 4.79 Å². The molecule has 3 heteroatoms. The van der Waals surface area contributed by atoms with E-state index < -0.39 is 0 Å². The molecule has 1 N–H and O–H groups in total. The molecule has 0 atom stereocenters. The van der Waals surface area contributed by atoms with Gasteiger partial charge in [-0.2, -0.15) is 0 Å². The molecule has 0 fully saturated rings. The highest BCUT2D eigenvalue weighted by atomic mass is 16.5. The third-order valence-corrected chi connectivity index (χ3v) is 3.42. The number of nitrogens with one attached hydrogen (secondary N) is 1. The zero-order valence-corrected chi connectivity index (χ0v) is 13.4. The van der Waals surface area contributed by atoms with Crippen molar-refractivity contribution >= 4 is 11.6 Å². The Morgan fingerprint density at radius 2 is 1.77 bits per heavy atom. The Labute approximate surface area is 132 Å². The Morgan fingerprint density at radius 1 is 1.09 bits per heavy atom. The number of carbonyl (C=O) groups excluding carboxylic acids is 1. The zero-order chi connectivity index (χ0) is 15.9. The van der Waals surface area contributed by atoms with Gasteiger partial charge in [0.1, 0.15) is 5.75 Å². The van der Waals surface area contributed by atoms with E-state index >= 15 is 0 Å². The van der Waals surface area contributed by atoms with Crippen LogP contribution in [0, 0.1) is 0 Å². The molecule has 1 amide bonds. The van der Waals surface area contributed by atoms with E-state index in [2.05, 4.69) is 19.2 Å². The van der Waals surface area contributed by atoms with Gasteiger partial charge in [0, 0.05) is 5.69 Å². The van der Waals surface area contributed by atoms with Gasteiger partial charge in [0.15, 0.2) is 0 Å². The molecule has 0 bridgehead atoms. The van der Waals surface area contributed by atoms with Crippen LogP contribution < -0.4 is 10.1 Å². The van der Waals surface area contributed by atoms with Crippen molar-refractivity contribution in [3.05, 3.63) is 59.7 Å². The lowest BCUT2D eigenvalue weighted by Gasteiger charge is -2.15. The molecule has 116 valence electrons. The first-order valence-electron chi connectivity index (χ1n) is 7.75. The standard InChI is InChI=1S/C19H23NO2/c1-4-13-22-18-12-8-6-10-16(18)19(21)20-17-11-7-5-9-15(17)14(2)3/h5-12,14H,4,13H2,1-3H3,(H,20,21). The molecule has 0 heterocycles. The van der Waals surface area contributed by atoms with Crippen molar-refractivity contribution < 1.29 is 9.53 Å². The van der Waals surface area contributed by atoms with Gasteiger partial charge in [-0.1, -0.05) is 51.1 Å². The minimum absolute atomic E-state index is 0.139. The number of ether oxygens (including phenoxy) is 1. The molecule has 2 aromatic rings. The molecule has 0 aliphatic rings. The molecule has 0 aliphatic heterocycles. The average molecular weight is 297 g/mol. The van der Waals surface area contributed by atoms with E-state index in [1.807, 2.05) is 49.4 Å². The maximum atomic E-state index is 12.6. The molecule has 0 unspecified atom stereocenters. The molecule has 0 saturated carbocycles. The fourth-order valence-corrected chi connectivity index (χ4v) is 2.30. The lowest BCUT2D eigenvalue weighted by molar-refractivity contribution is 0.102. The van der Waals surface area contributed by atoms with Crippen LogP contribution in [0.25, 0.3) is 0 Å². The quantitative estimate of drug-likeness (QED) is 0.827. The van der Waals surface area contributed by atoms with Crippen molar-refractivity contribution in [1.82, 2.24) is 0 Å². The second-order valence-electron chi connectivity index (χ2n) is 5.54.